The van der Waals surface area contributed by atoms with E-state index >= 15 is 0 Å². The summed E-state index contributed by atoms with van der Waals surface area (Å²) in [5.74, 6) is 0.282. The van der Waals surface area contributed by atoms with Crippen LogP contribution in [0.4, 0.5) is 11.4 Å². The predicted molar refractivity (Wildman–Crippen MR) is 108 cm³/mol. The first kappa shape index (κ1) is 17.4. The lowest BCUT2D eigenvalue weighted by Gasteiger charge is -2.39. The number of nitrogens with one attached hydrogen (secondary N) is 1. The molecule has 0 saturated carbocycles. The van der Waals surface area contributed by atoms with E-state index in [9.17, 15) is 4.79 Å². The Morgan fingerprint density at radius 3 is 2.52 bits per heavy atom. The fourth-order valence-corrected chi connectivity index (χ4v) is 3.80. The average Bonchev–Trinajstić information content (AvgIpc) is 3.18. The topological polar surface area (TPSA) is 45.5 Å². The molecule has 1 aromatic heterocycles. The fourth-order valence-electron chi connectivity index (χ4n) is 3.80. The van der Waals surface area contributed by atoms with Crippen molar-refractivity contribution in [3.05, 3.63) is 83.3 Å². The van der Waals surface area contributed by atoms with E-state index in [0.29, 0.717) is 5.76 Å². The Kier molecular flexibility index (Phi) is 4.48. The van der Waals surface area contributed by atoms with Crippen LogP contribution in [0.15, 0.2) is 65.3 Å². The molecule has 1 N–H and O–H groups in total. The van der Waals surface area contributed by atoms with E-state index in [2.05, 4.69) is 62.5 Å². The Bertz CT molecular complexity index is 945. The van der Waals surface area contributed by atoms with Gasteiger partial charge in [0.15, 0.2) is 5.76 Å². The SMILES string of the molecule is Cc1ccc(N[C@H]2C[C@@H](C)N(C(=O)c3ccco3)c3ccc(C)cc32)cc1. The summed E-state index contributed by atoms with van der Waals surface area (Å²) in [6.07, 6.45) is 2.37. The minimum atomic E-state index is -0.0913. The first-order valence-corrected chi connectivity index (χ1v) is 9.34. The van der Waals surface area contributed by atoms with Gasteiger partial charge in [0.2, 0.25) is 0 Å². The number of rotatable bonds is 3. The Labute approximate surface area is 159 Å². The van der Waals surface area contributed by atoms with Crippen molar-refractivity contribution in [3.63, 3.8) is 0 Å². The average molecular weight is 360 g/mol. The van der Waals surface area contributed by atoms with Crippen molar-refractivity contribution in [3.8, 4) is 0 Å². The van der Waals surface area contributed by atoms with Crippen molar-refractivity contribution < 1.29 is 9.21 Å². The van der Waals surface area contributed by atoms with Gasteiger partial charge < -0.3 is 14.6 Å². The largest absolute Gasteiger partial charge is 0.459 e. The third kappa shape index (κ3) is 3.35. The molecule has 1 amide bonds. The van der Waals surface area contributed by atoms with Gasteiger partial charge in [0.1, 0.15) is 0 Å². The van der Waals surface area contributed by atoms with Crippen molar-refractivity contribution >= 4 is 17.3 Å². The molecule has 0 fully saturated rings. The van der Waals surface area contributed by atoms with E-state index in [1.165, 1.54) is 11.1 Å². The van der Waals surface area contributed by atoms with Gasteiger partial charge in [-0.05, 0) is 63.1 Å². The molecule has 4 rings (SSSR count). The zero-order valence-corrected chi connectivity index (χ0v) is 15.9. The normalized spacial score (nSPS) is 18.9. The summed E-state index contributed by atoms with van der Waals surface area (Å²) in [5.41, 5.74) is 5.61. The molecule has 1 aliphatic heterocycles. The number of fused-ring (bicyclic) bond motifs is 1. The smallest absolute Gasteiger partial charge is 0.294 e. The number of aryl methyl sites for hydroxylation is 2. The maximum absolute atomic E-state index is 13.0. The fraction of sp³-hybridized carbons (Fsp3) is 0.261. The molecule has 1 aliphatic rings. The van der Waals surface area contributed by atoms with Gasteiger partial charge in [0.25, 0.3) is 5.91 Å². The third-order valence-electron chi connectivity index (χ3n) is 5.18. The molecule has 4 heteroatoms. The number of carbonyl (C=O) groups excluding carboxylic acids is 1. The van der Waals surface area contributed by atoms with E-state index < -0.39 is 0 Å². The quantitative estimate of drug-likeness (QED) is 0.672. The Morgan fingerprint density at radius 2 is 1.81 bits per heavy atom. The van der Waals surface area contributed by atoms with Crippen LogP contribution in [-0.2, 0) is 0 Å². The summed E-state index contributed by atoms with van der Waals surface area (Å²) in [5, 5.41) is 3.65. The van der Waals surface area contributed by atoms with Gasteiger partial charge in [-0.15, -0.1) is 0 Å². The van der Waals surface area contributed by atoms with Crippen LogP contribution in [0.2, 0.25) is 0 Å². The molecule has 0 unspecified atom stereocenters. The van der Waals surface area contributed by atoms with Gasteiger partial charge in [-0.25, -0.2) is 0 Å². The molecule has 0 radical (unpaired) electrons. The lowest BCUT2D eigenvalue weighted by molar-refractivity contribution is 0.0947. The number of hydrogen-bond donors (Lipinski definition) is 1. The van der Waals surface area contributed by atoms with E-state index in [4.69, 9.17) is 4.42 Å². The molecule has 138 valence electrons. The molecular weight excluding hydrogens is 336 g/mol. The monoisotopic (exact) mass is 360 g/mol. The van der Waals surface area contributed by atoms with Gasteiger partial charge in [-0.3, -0.25) is 4.79 Å². The van der Waals surface area contributed by atoms with Crippen LogP contribution in [0, 0.1) is 13.8 Å². The van der Waals surface area contributed by atoms with Crippen molar-refractivity contribution in [1.29, 1.82) is 0 Å². The number of furan rings is 1. The number of anilines is 2. The van der Waals surface area contributed by atoms with Crippen molar-refractivity contribution in [1.82, 2.24) is 0 Å². The summed E-state index contributed by atoms with van der Waals surface area (Å²) < 4.78 is 5.36. The lowest BCUT2D eigenvalue weighted by atomic mass is 9.90. The number of carbonyl (C=O) groups is 1. The summed E-state index contributed by atoms with van der Waals surface area (Å²) >= 11 is 0. The summed E-state index contributed by atoms with van der Waals surface area (Å²) in [4.78, 5) is 14.9. The predicted octanol–water partition coefficient (Wildman–Crippen LogP) is 5.49. The molecule has 2 heterocycles. The molecule has 2 atom stereocenters. The van der Waals surface area contributed by atoms with Gasteiger partial charge in [0.05, 0.1) is 12.3 Å². The summed E-state index contributed by atoms with van der Waals surface area (Å²) in [7, 11) is 0. The zero-order chi connectivity index (χ0) is 19.0. The van der Waals surface area contributed by atoms with E-state index in [1.807, 2.05) is 11.0 Å². The Balaban J connectivity index is 1.71. The van der Waals surface area contributed by atoms with Gasteiger partial charge in [-0.2, -0.15) is 0 Å². The highest BCUT2D eigenvalue weighted by atomic mass is 16.3. The van der Waals surface area contributed by atoms with Crippen molar-refractivity contribution in [2.45, 2.75) is 39.3 Å². The molecule has 0 saturated heterocycles. The van der Waals surface area contributed by atoms with Crippen LogP contribution in [0.25, 0.3) is 0 Å². The molecule has 2 aromatic carbocycles. The number of nitrogens with zero attached hydrogens (tertiary/aromatic N) is 1. The van der Waals surface area contributed by atoms with Gasteiger partial charge >= 0.3 is 0 Å². The highest BCUT2D eigenvalue weighted by molar-refractivity contribution is 6.05. The summed E-state index contributed by atoms with van der Waals surface area (Å²) in [6.45, 7) is 6.26. The second kappa shape index (κ2) is 6.95. The van der Waals surface area contributed by atoms with Crippen LogP contribution in [-0.4, -0.2) is 11.9 Å². The number of amides is 1. The third-order valence-corrected chi connectivity index (χ3v) is 5.18. The molecule has 0 bridgehead atoms. The van der Waals surface area contributed by atoms with Crippen LogP contribution in [0.5, 0.6) is 0 Å². The second-order valence-electron chi connectivity index (χ2n) is 7.36. The molecule has 27 heavy (non-hydrogen) atoms. The van der Waals surface area contributed by atoms with E-state index in [0.717, 1.165) is 23.4 Å². The zero-order valence-electron chi connectivity index (χ0n) is 15.9. The van der Waals surface area contributed by atoms with E-state index in [1.54, 1.807) is 18.4 Å². The van der Waals surface area contributed by atoms with Crippen molar-refractivity contribution in [2.24, 2.45) is 0 Å². The Morgan fingerprint density at radius 1 is 1.07 bits per heavy atom. The molecule has 4 nitrogen and oxygen atoms in total. The Hall–Kier alpha value is -3.01. The second-order valence-corrected chi connectivity index (χ2v) is 7.36. The first-order valence-electron chi connectivity index (χ1n) is 9.34. The lowest BCUT2D eigenvalue weighted by Crippen LogP contribution is -2.44. The molecular formula is C23H24N2O2. The summed E-state index contributed by atoms with van der Waals surface area (Å²) in [6, 6.07) is 18.4. The molecule has 0 aliphatic carbocycles. The highest BCUT2D eigenvalue weighted by Crippen LogP contribution is 2.40. The van der Waals surface area contributed by atoms with Crippen LogP contribution >= 0.6 is 0 Å². The van der Waals surface area contributed by atoms with Crippen LogP contribution < -0.4 is 10.2 Å². The van der Waals surface area contributed by atoms with E-state index in [-0.39, 0.29) is 18.0 Å². The molecule has 0 spiro atoms. The van der Waals surface area contributed by atoms with Crippen molar-refractivity contribution in [2.75, 3.05) is 10.2 Å². The first-order chi connectivity index (χ1) is 13.0. The standard InChI is InChI=1S/C23H24N2O2/c1-15-6-9-18(10-7-15)24-20-14-17(3)25(23(26)22-5-4-12-27-22)21-11-8-16(2)13-19(20)21/h4-13,17,20,24H,14H2,1-3H3/t17-,20+/m1/s1. The maximum atomic E-state index is 13.0. The van der Waals surface area contributed by atoms with Gasteiger partial charge in [-0.1, -0.05) is 35.4 Å². The minimum absolute atomic E-state index is 0.0563. The van der Waals surface area contributed by atoms with Crippen LogP contribution in [0.1, 0.15) is 46.6 Å². The number of hydrogen-bond acceptors (Lipinski definition) is 3. The van der Waals surface area contributed by atoms with Crippen LogP contribution in [0.3, 0.4) is 0 Å². The molecule has 3 aromatic rings. The highest BCUT2D eigenvalue weighted by Gasteiger charge is 2.35. The number of benzene rings is 2. The minimum Gasteiger partial charge on any atom is -0.459 e. The van der Waals surface area contributed by atoms with Gasteiger partial charge in [0, 0.05) is 17.4 Å². The maximum Gasteiger partial charge on any atom is 0.294 e.